The van der Waals surface area contributed by atoms with Crippen LogP contribution in [0, 0.1) is 5.82 Å². The number of carbonyl (C=O) groups excluding carboxylic acids is 2. The Hall–Kier alpha value is -3.50. The van der Waals surface area contributed by atoms with Gasteiger partial charge in [-0.3, -0.25) is 9.59 Å². The number of pyridine rings is 1. The lowest BCUT2D eigenvalue weighted by atomic mass is 10.1. The first-order valence-electron chi connectivity index (χ1n) is 12.0. The Labute approximate surface area is 221 Å². The number of fused-ring (bicyclic) bond motifs is 1. The summed E-state index contributed by atoms with van der Waals surface area (Å²) in [4.78, 5) is 44.5. The van der Waals surface area contributed by atoms with Gasteiger partial charge in [-0.15, -0.1) is 22.7 Å². The highest BCUT2D eigenvalue weighted by Gasteiger charge is 2.31. The van der Waals surface area contributed by atoms with Crippen molar-refractivity contribution in [1.82, 2.24) is 9.47 Å². The van der Waals surface area contributed by atoms with Crippen molar-refractivity contribution in [2.24, 2.45) is 0 Å². The number of thiophene rings is 2. The number of aromatic nitrogens is 1. The highest BCUT2D eigenvalue weighted by Crippen LogP contribution is 2.35. The van der Waals surface area contributed by atoms with Crippen LogP contribution in [-0.4, -0.2) is 53.6 Å². The molecule has 192 valence electrons. The van der Waals surface area contributed by atoms with Gasteiger partial charge in [0.15, 0.2) is 0 Å². The molecule has 0 N–H and O–H groups in total. The van der Waals surface area contributed by atoms with Crippen molar-refractivity contribution in [2.45, 2.75) is 26.5 Å². The van der Waals surface area contributed by atoms with Crippen LogP contribution in [0.3, 0.4) is 0 Å². The van der Waals surface area contributed by atoms with Crippen molar-refractivity contribution in [2.75, 3.05) is 31.1 Å². The first-order chi connectivity index (χ1) is 17.8. The number of rotatable bonds is 6. The number of halogens is 1. The zero-order valence-electron chi connectivity index (χ0n) is 20.5. The average molecular weight is 540 g/mol. The first kappa shape index (κ1) is 25.2. The molecule has 0 spiro atoms. The summed E-state index contributed by atoms with van der Waals surface area (Å²) in [6.45, 7) is 5.47. The number of benzene rings is 1. The van der Waals surface area contributed by atoms with E-state index in [9.17, 15) is 18.8 Å². The zero-order chi connectivity index (χ0) is 26.1. The molecule has 1 saturated heterocycles. The molecule has 5 rings (SSSR count). The van der Waals surface area contributed by atoms with E-state index in [4.69, 9.17) is 4.74 Å². The van der Waals surface area contributed by atoms with Gasteiger partial charge in [0.1, 0.15) is 11.4 Å². The maximum absolute atomic E-state index is 13.9. The summed E-state index contributed by atoms with van der Waals surface area (Å²) < 4.78 is 21.7. The quantitative estimate of drug-likeness (QED) is 0.328. The number of anilines is 1. The lowest BCUT2D eigenvalue weighted by Gasteiger charge is -2.37. The van der Waals surface area contributed by atoms with Crippen LogP contribution in [0.1, 0.15) is 39.4 Å². The smallest absolute Gasteiger partial charge is 0.346 e. The van der Waals surface area contributed by atoms with Crippen LogP contribution in [0.25, 0.3) is 10.2 Å². The van der Waals surface area contributed by atoms with Crippen LogP contribution in [0.2, 0.25) is 0 Å². The molecule has 4 aromatic rings. The number of amides is 1. The standard InChI is InChI=1S/C27H26FN3O4S2/c1-17(2)35-27(34)22-23(29-9-11-30(12-10-29)25(32)21-7-4-13-36-21)24-20(8-14-37-24)31(26(22)33)16-18-5-3-6-19(28)15-18/h3-8,13-15,17H,9-12,16H2,1-2H3. The number of esters is 1. The second-order valence-electron chi connectivity index (χ2n) is 9.09. The predicted octanol–water partition coefficient (Wildman–Crippen LogP) is 4.84. The van der Waals surface area contributed by atoms with Gasteiger partial charge >= 0.3 is 5.97 Å². The molecule has 0 unspecified atom stereocenters. The van der Waals surface area contributed by atoms with E-state index in [0.29, 0.717) is 47.8 Å². The third-order valence-corrected chi connectivity index (χ3v) is 8.01. The number of hydrogen-bond donors (Lipinski definition) is 0. The van der Waals surface area contributed by atoms with Crippen molar-refractivity contribution in [3.8, 4) is 0 Å². The van der Waals surface area contributed by atoms with Gasteiger partial charge < -0.3 is 19.1 Å². The lowest BCUT2D eigenvalue weighted by molar-refractivity contribution is 0.0375. The monoisotopic (exact) mass is 539 g/mol. The van der Waals surface area contributed by atoms with E-state index in [1.165, 1.54) is 39.4 Å². The van der Waals surface area contributed by atoms with Crippen LogP contribution in [0.4, 0.5) is 10.1 Å². The Kier molecular flexibility index (Phi) is 7.12. The van der Waals surface area contributed by atoms with Crippen LogP contribution in [0.15, 0.2) is 58.0 Å². The molecule has 1 aliphatic heterocycles. The molecule has 0 radical (unpaired) electrons. The van der Waals surface area contributed by atoms with E-state index in [2.05, 4.69) is 0 Å². The topological polar surface area (TPSA) is 71.8 Å². The number of ether oxygens (including phenoxy) is 1. The Morgan fingerprint density at radius 2 is 1.81 bits per heavy atom. The number of nitrogens with zero attached hydrogens (tertiary/aromatic N) is 3. The van der Waals surface area contributed by atoms with E-state index in [-0.39, 0.29) is 18.0 Å². The number of carbonyl (C=O) groups is 2. The summed E-state index contributed by atoms with van der Waals surface area (Å²) in [7, 11) is 0. The molecule has 10 heteroatoms. The fourth-order valence-corrected chi connectivity index (χ4v) is 6.24. The predicted molar refractivity (Wildman–Crippen MR) is 145 cm³/mol. The molecule has 1 fully saturated rings. The summed E-state index contributed by atoms with van der Waals surface area (Å²) >= 11 is 2.85. The van der Waals surface area contributed by atoms with Crippen LogP contribution < -0.4 is 10.5 Å². The number of piperazine rings is 1. The van der Waals surface area contributed by atoms with Crippen LogP contribution in [0.5, 0.6) is 0 Å². The summed E-state index contributed by atoms with van der Waals surface area (Å²) in [5.41, 5.74) is 1.32. The largest absolute Gasteiger partial charge is 0.459 e. The van der Waals surface area contributed by atoms with Gasteiger partial charge in [0.2, 0.25) is 0 Å². The SMILES string of the molecule is CC(C)OC(=O)c1c(N2CCN(C(=O)c3cccs3)CC2)c2sccc2n(Cc2cccc(F)c2)c1=O. The van der Waals surface area contributed by atoms with Crippen LogP contribution >= 0.6 is 22.7 Å². The molecule has 7 nitrogen and oxygen atoms in total. The number of hydrogen-bond acceptors (Lipinski definition) is 7. The third-order valence-electron chi connectivity index (χ3n) is 6.24. The molecular formula is C27H26FN3O4S2. The molecule has 4 heterocycles. The summed E-state index contributed by atoms with van der Waals surface area (Å²) in [6.07, 6.45) is -0.407. The molecule has 0 aliphatic carbocycles. The van der Waals surface area contributed by atoms with E-state index in [1.807, 2.05) is 33.9 Å². The van der Waals surface area contributed by atoms with Crippen molar-refractivity contribution in [3.05, 3.63) is 85.4 Å². The van der Waals surface area contributed by atoms with Crippen molar-refractivity contribution < 1.29 is 18.7 Å². The maximum atomic E-state index is 13.9. The molecule has 0 saturated carbocycles. The zero-order valence-corrected chi connectivity index (χ0v) is 22.1. The fourth-order valence-electron chi connectivity index (χ4n) is 4.57. The first-order valence-corrected chi connectivity index (χ1v) is 13.8. The Morgan fingerprint density at radius 3 is 2.49 bits per heavy atom. The highest BCUT2D eigenvalue weighted by atomic mass is 32.1. The van der Waals surface area contributed by atoms with Gasteiger partial charge in [-0.1, -0.05) is 18.2 Å². The minimum Gasteiger partial charge on any atom is -0.459 e. The molecule has 0 atom stereocenters. The normalized spacial score (nSPS) is 13.9. The van der Waals surface area contributed by atoms with Crippen molar-refractivity contribution in [1.29, 1.82) is 0 Å². The molecule has 37 heavy (non-hydrogen) atoms. The third kappa shape index (κ3) is 5.03. The lowest BCUT2D eigenvalue weighted by Crippen LogP contribution is -2.49. The average Bonchev–Trinajstić information content (AvgIpc) is 3.57. The second-order valence-corrected chi connectivity index (χ2v) is 11.0. The van der Waals surface area contributed by atoms with Gasteiger partial charge in [-0.2, -0.15) is 0 Å². The van der Waals surface area contributed by atoms with Crippen molar-refractivity contribution in [3.63, 3.8) is 0 Å². The highest BCUT2D eigenvalue weighted by molar-refractivity contribution is 7.17. The molecule has 1 aliphatic rings. The minimum absolute atomic E-state index is 0.0131. The summed E-state index contributed by atoms with van der Waals surface area (Å²) in [6, 6.07) is 11.6. The Bertz CT molecular complexity index is 1500. The van der Waals surface area contributed by atoms with Crippen LogP contribution in [-0.2, 0) is 11.3 Å². The van der Waals surface area contributed by atoms with Crippen molar-refractivity contribution >= 4 is 50.5 Å². The van der Waals surface area contributed by atoms with E-state index in [1.54, 1.807) is 30.9 Å². The van der Waals surface area contributed by atoms with Gasteiger partial charge in [0, 0.05) is 26.2 Å². The molecule has 1 amide bonds. The molecular weight excluding hydrogens is 513 g/mol. The Morgan fingerprint density at radius 1 is 1.03 bits per heavy atom. The molecule has 1 aromatic carbocycles. The summed E-state index contributed by atoms with van der Waals surface area (Å²) in [5.74, 6) is -1.09. The molecule has 0 bridgehead atoms. The molecule has 3 aromatic heterocycles. The second kappa shape index (κ2) is 10.5. The van der Waals surface area contributed by atoms with Gasteiger partial charge in [0.05, 0.1) is 33.4 Å². The van der Waals surface area contributed by atoms with Gasteiger partial charge in [-0.05, 0) is 54.4 Å². The maximum Gasteiger partial charge on any atom is 0.346 e. The van der Waals surface area contributed by atoms with E-state index in [0.717, 1.165) is 4.70 Å². The van der Waals surface area contributed by atoms with Gasteiger partial charge in [-0.25, -0.2) is 9.18 Å². The fraction of sp³-hybridized carbons (Fsp3) is 0.296. The van der Waals surface area contributed by atoms with E-state index >= 15 is 0 Å². The van der Waals surface area contributed by atoms with Gasteiger partial charge in [0.25, 0.3) is 11.5 Å². The van der Waals surface area contributed by atoms with E-state index < -0.39 is 23.4 Å². The summed E-state index contributed by atoms with van der Waals surface area (Å²) in [5, 5.41) is 3.76. The minimum atomic E-state index is -0.685. The Balaban J connectivity index is 1.55.